The van der Waals surface area contributed by atoms with E-state index in [1.807, 2.05) is 24.6 Å². The molecule has 66 valence electrons. The molecule has 0 amide bonds. The van der Waals surface area contributed by atoms with Crippen LogP contribution in [0.4, 0.5) is 0 Å². The maximum atomic E-state index is 10.8. The van der Waals surface area contributed by atoms with Crippen LogP contribution in [0.2, 0.25) is 0 Å². The molecule has 0 aromatic carbocycles. The van der Waals surface area contributed by atoms with Gasteiger partial charge in [0.15, 0.2) is 0 Å². The Morgan fingerprint density at radius 1 is 1.67 bits per heavy atom. The predicted octanol–water partition coefficient (Wildman–Crippen LogP) is 1.34. The van der Waals surface area contributed by atoms with Gasteiger partial charge in [0.2, 0.25) is 0 Å². The van der Waals surface area contributed by atoms with Gasteiger partial charge in [-0.2, -0.15) is 5.10 Å². The van der Waals surface area contributed by atoms with Crippen LogP contribution < -0.4 is 0 Å². The molecule has 1 rings (SSSR count). The van der Waals surface area contributed by atoms with Gasteiger partial charge in [0, 0.05) is 18.7 Å². The highest BCUT2D eigenvalue weighted by molar-refractivity contribution is 5.77. The second kappa shape index (κ2) is 3.52. The lowest BCUT2D eigenvalue weighted by atomic mass is 10.2. The van der Waals surface area contributed by atoms with Gasteiger partial charge in [-0.25, -0.2) is 0 Å². The van der Waals surface area contributed by atoms with Crippen LogP contribution in [-0.4, -0.2) is 15.6 Å². The number of aryl methyl sites for hydroxylation is 2. The second-order valence-electron chi connectivity index (χ2n) is 2.97. The molecule has 0 saturated carbocycles. The number of Topliss-reactive ketones (excluding diaryl/α,β-unsaturated/α-hetero) is 1. The van der Waals surface area contributed by atoms with Gasteiger partial charge in [0.1, 0.15) is 5.78 Å². The summed E-state index contributed by atoms with van der Waals surface area (Å²) in [6, 6.07) is 1.96. The molecule has 0 spiro atoms. The van der Waals surface area contributed by atoms with Crippen LogP contribution in [0.5, 0.6) is 0 Å². The predicted molar refractivity (Wildman–Crippen MR) is 47.0 cm³/mol. The SMILES string of the molecule is CCn1nc(C)cc1CC(C)=O. The zero-order valence-electron chi connectivity index (χ0n) is 7.79. The van der Waals surface area contributed by atoms with E-state index in [0.29, 0.717) is 6.42 Å². The molecule has 1 heterocycles. The van der Waals surface area contributed by atoms with E-state index in [-0.39, 0.29) is 5.78 Å². The average Bonchev–Trinajstić information content (AvgIpc) is 2.29. The van der Waals surface area contributed by atoms with Crippen molar-refractivity contribution in [1.82, 2.24) is 9.78 Å². The molecule has 0 radical (unpaired) electrons. The molecule has 0 aliphatic carbocycles. The molecule has 0 bridgehead atoms. The normalized spacial score (nSPS) is 10.2. The highest BCUT2D eigenvalue weighted by atomic mass is 16.1. The summed E-state index contributed by atoms with van der Waals surface area (Å²) in [5.74, 6) is 0.185. The minimum atomic E-state index is 0.185. The lowest BCUT2D eigenvalue weighted by molar-refractivity contribution is -0.116. The quantitative estimate of drug-likeness (QED) is 0.679. The van der Waals surface area contributed by atoms with Gasteiger partial charge in [-0.15, -0.1) is 0 Å². The molecule has 0 N–H and O–H groups in total. The smallest absolute Gasteiger partial charge is 0.135 e. The number of nitrogens with zero attached hydrogens (tertiary/aromatic N) is 2. The first kappa shape index (κ1) is 8.97. The van der Waals surface area contributed by atoms with E-state index in [2.05, 4.69) is 5.10 Å². The van der Waals surface area contributed by atoms with Crippen LogP contribution in [0.3, 0.4) is 0 Å². The fourth-order valence-electron chi connectivity index (χ4n) is 1.27. The maximum absolute atomic E-state index is 10.8. The Balaban J connectivity index is 2.89. The summed E-state index contributed by atoms with van der Waals surface area (Å²) in [5.41, 5.74) is 2.00. The van der Waals surface area contributed by atoms with Gasteiger partial charge >= 0.3 is 0 Å². The molecule has 12 heavy (non-hydrogen) atoms. The van der Waals surface area contributed by atoms with E-state index in [0.717, 1.165) is 17.9 Å². The van der Waals surface area contributed by atoms with Gasteiger partial charge in [-0.1, -0.05) is 0 Å². The Labute approximate surface area is 72.4 Å². The number of hydrogen-bond donors (Lipinski definition) is 0. The summed E-state index contributed by atoms with van der Waals surface area (Å²) in [7, 11) is 0. The summed E-state index contributed by atoms with van der Waals surface area (Å²) in [4.78, 5) is 10.8. The van der Waals surface area contributed by atoms with Crippen molar-refractivity contribution in [3.8, 4) is 0 Å². The van der Waals surface area contributed by atoms with E-state index in [9.17, 15) is 4.79 Å². The monoisotopic (exact) mass is 166 g/mol. The number of carbonyl (C=O) groups excluding carboxylic acids is 1. The van der Waals surface area contributed by atoms with Crippen molar-refractivity contribution in [2.75, 3.05) is 0 Å². The minimum absolute atomic E-state index is 0.185. The van der Waals surface area contributed by atoms with E-state index in [1.165, 1.54) is 0 Å². The summed E-state index contributed by atoms with van der Waals surface area (Å²) >= 11 is 0. The van der Waals surface area contributed by atoms with Gasteiger partial charge in [0.05, 0.1) is 5.69 Å². The number of rotatable bonds is 3. The van der Waals surface area contributed by atoms with Crippen LogP contribution in [-0.2, 0) is 17.8 Å². The molecule has 3 heteroatoms. The number of hydrogen-bond acceptors (Lipinski definition) is 2. The Hall–Kier alpha value is -1.12. The molecular weight excluding hydrogens is 152 g/mol. The van der Waals surface area contributed by atoms with Gasteiger partial charge < -0.3 is 0 Å². The first-order valence-electron chi connectivity index (χ1n) is 4.16. The Kier molecular flexibility index (Phi) is 2.63. The molecule has 0 aliphatic rings. The average molecular weight is 166 g/mol. The Morgan fingerprint density at radius 2 is 2.33 bits per heavy atom. The molecule has 0 saturated heterocycles. The zero-order chi connectivity index (χ0) is 9.14. The summed E-state index contributed by atoms with van der Waals surface area (Å²) in [6.45, 7) is 6.39. The molecule has 0 fully saturated rings. The number of carbonyl (C=O) groups is 1. The van der Waals surface area contributed by atoms with Crippen molar-refractivity contribution >= 4 is 5.78 Å². The van der Waals surface area contributed by atoms with Crippen LogP contribution in [0.1, 0.15) is 25.2 Å². The largest absolute Gasteiger partial charge is 0.300 e. The molecule has 3 nitrogen and oxygen atoms in total. The number of ketones is 1. The third-order valence-corrected chi connectivity index (χ3v) is 1.72. The molecule has 0 aliphatic heterocycles. The van der Waals surface area contributed by atoms with Crippen molar-refractivity contribution in [2.24, 2.45) is 0 Å². The highest BCUT2D eigenvalue weighted by Crippen LogP contribution is 2.04. The standard InChI is InChI=1S/C9H14N2O/c1-4-11-9(6-8(3)12)5-7(2)10-11/h5H,4,6H2,1-3H3. The first-order chi connectivity index (χ1) is 5.63. The molecule has 0 unspecified atom stereocenters. The third-order valence-electron chi connectivity index (χ3n) is 1.72. The molecule has 0 atom stereocenters. The van der Waals surface area contributed by atoms with Crippen LogP contribution in [0, 0.1) is 6.92 Å². The maximum Gasteiger partial charge on any atom is 0.135 e. The van der Waals surface area contributed by atoms with Gasteiger partial charge in [-0.3, -0.25) is 9.48 Å². The highest BCUT2D eigenvalue weighted by Gasteiger charge is 2.05. The van der Waals surface area contributed by atoms with E-state index >= 15 is 0 Å². The first-order valence-corrected chi connectivity index (χ1v) is 4.16. The molecule has 1 aromatic heterocycles. The summed E-state index contributed by atoms with van der Waals surface area (Å²) in [5, 5.41) is 4.25. The van der Waals surface area contributed by atoms with Crippen LogP contribution in [0.25, 0.3) is 0 Å². The second-order valence-corrected chi connectivity index (χ2v) is 2.97. The summed E-state index contributed by atoms with van der Waals surface area (Å²) < 4.78 is 1.87. The van der Waals surface area contributed by atoms with Crippen LogP contribution in [0.15, 0.2) is 6.07 Å². The van der Waals surface area contributed by atoms with Gasteiger partial charge in [0.25, 0.3) is 0 Å². The molecular formula is C9H14N2O. The molecule has 1 aromatic rings. The van der Waals surface area contributed by atoms with Crippen molar-refractivity contribution in [3.63, 3.8) is 0 Å². The minimum Gasteiger partial charge on any atom is -0.300 e. The third kappa shape index (κ3) is 1.94. The zero-order valence-corrected chi connectivity index (χ0v) is 7.79. The van der Waals surface area contributed by atoms with Crippen molar-refractivity contribution in [3.05, 3.63) is 17.5 Å². The topological polar surface area (TPSA) is 34.9 Å². The van der Waals surface area contributed by atoms with E-state index in [4.69, 9.17) is 0 Å². The van der Waals surface area contributed by atoms with E-state index in [1.54, 1.807) is 6.92 Å². The lowest BCUT2D eigenvalue weighted by Crippen LogP contribution is -2.06. The summed E-state index contributed by atoms with van der Waals surface area (Å²) in [6.07, 6.45) is 0.495. The van der Waals surface area contributed by atoms with Crippen LogP contribution >= 0.6 is 0 Å². The number of aromatic nitrogens is 2. The van der Waals surface area contributed by atoms with Crippen molar-refractivity contribution < 1.29 is 4.79 Å². The van der Waals surface area contributed by atoms with Crippen molar-refractivity contribution in [1.29, 1.82) is 0 Å². The lowest BCUT2D eigenvalue weighted by Gasteiger charge is -2.00. The fraction of sp³-hybridized carbons (Fsp3) is 0.556. The van der Waals surface area contributed by atoms with E-state index < -0.39 is 0 Å². The van der Waals surface area contributed by atoms with Gasteiger partial charge in [-0.05, 0) is 26.8 Å². The Morgan fingerprint density at radius 3 is 2.83 bits per heavy atom. The Bertz CT molecular complexity index is 289. The van der Waals surface area contributed by atoms with Crippen molar-refractivity contribution in [2.45, 2.75) is 33.7 Å². The fourth-order valence-corrected chi connectivity index (χ4v) is 1.27.